The van der Waals surface area contributed by atoms with Crippen LogP contribution in [0.5, 0.6) is 0 Å². The number of benzene rings is 2. The van der Waals surface area contributed by atoms with E-state index in [-0.39, 0.29) is 17.2 Å². The van der Waals surface area contributed by atoms with E-state index in [4.69, 9.17) is 0 Å². The van der Waals surface area contributed by atoms with Crippen molar-refractivity contribution >= 4 is 23.2 Å². The predicted octanol–water partition coefficient (Wildman–Crippen LogP) is 6.99. The lowest BCUT2D eigenvalue weighted by atomic mass is 9.99. The lowest BCUT2D eigenvalue weighted by Crippen LogP contribution is -2.14. The zero-order chi connectivity index (χ0) is 25.9. The molecule has 0 bridgehead atoms. The third-order valence-corrected chi connectivity index (χ3v) is 5.57. The molecule has 184 valence electrons. The van der Waals surface area contributed by atoms with Crippen molar-refractivity contribution in [1.82, 2.24) is 15.0 Å². The first-order valence-electron chi connectivity index (χ1n) is 11.2. The van der Waals surface area contributed by atoms with Gasteiger partial charge in [-0.05, 0) is 72.5 Å². The molecule has 1 amide bonds. The van der Waals surface area contributed by atoms with Crippen LogP contribution in [0.15, 0.2) is 73.2 Å². The van der Waals surface area contributed by atoms with Crippen LogP contribution < -0.4 is 10.6 Å². The topological polar surface area (TPSA) is 79.8 Å². The van der Waals surface area contributed by atoms with Crippen LogP contribution in [0.3, 0.4) is 0 Å². The second-order valence-electron chi connectivity index (χ2n) is 8.61. The normalized spacial score (nSPS) is 11.4. The minimum atomic E-state index is -4.52. The first-order valence-corrected chi connectivity index (χ1v) is 11.2. The van der Waals surface area contributed by atoms with Crippen LogP contribution >= 0.6 is 0 Å². The highest BCUT2D eigenvalue weighted by Crippen LogP contribution is 2.34. The van der Waals surface area contributed by atoms with E-state index in [1.807, 2.05) is 19.1 Å². The molecule has 2 N–H and O–H groups in total. The maximum Gasteiger partial charge on any atom is 0.416 e. The average Bonchev–Trinajstić information content (AvgIpc) is 2.85. The molecule has 0 aliphatic heterocycles. The van der Waals surface area contributed by atoms with Crippen LogP contribution in [0.1, 0.15) is 46.8 Å². The van der Waals surface area contributed by atoms with Crippen molar-refractivity contribution in [2.45, 2.75) is 32.9 Å². The van der Waals surface area contributed by atoms with E-state index in [9.17, 15) is 18.0 Å². The van der Waals surface area contributed by atoms with Gasteiger partial charge in [0.25, 0.3) is 5.91 Å². The van der Waals surface area contributed by atoms with Crippen LogP contribution in [0, 0.1) is 6.92 Å². The zero-order valence-corrected chi connectivity index (χ0v) is 19.9. The summed E-state index contributed by atoms with van der Waals surface area (Å²) < 4.78 is 40.1. The molecule has 2 heterocycles. The highest BCUT2D eigenvalue weighted by Gasteiger charge is 2.31. The Bertz CT molecular complexity index is 1390. The Morgan fingerprint density at radius 3 is 2.50 bits per heavy atom. The first-order chi connectivity index (χ1) is 17.1. The van der Waals surface area contributed by atoms with E-state index in [2.05, 4.69) is 25.6 Å². The molecule has 0 fully saturated rings. The highest BCUT2D eigenvalue weighted by atomic mass is 19.4. The van der Waals surface area contributed by atoms with Crippen molar-refractivity contribution in [2.75, 3.05) is 10.6 Å². The smallest absolute Gasteiger partial charge is 0.324 e. The van der Waals surface area contributed by atoms with Gasteiger partial charge in [-0.25, -0.2) is 9.97 Å². The lowest BCUT2D eigenvalue weighted by Gasteiger charge is -2.15. The molecular formula is C27H24F3N5O. The van der Waals surface area contributed by atoms with Crippen LogP contribution in [0.2, 0.25) is 0 Å². The molecule has 36 heavy (non-hydrogen) atoms. The van der Waals surface area contributed by atoms with Gasteiger partial charge >= 0.3 is 6.18 Å². The van der Waals surface area contributed by atoms with Gasteiger partial charge in [-0.2, -0.15) is 13.2 Å². The monoisotopic (exact) mass is 491 g/mol. The van der Waals surface area contributed by atoms with Gasteiger partial charge in [0, 0.05) is 41.1 Å². The minimum absolute atomic E-state index is 0.0844. The number of carbonyl (C=O) groups is 1. The lowest BCUT2D eigenvalue weighted by molar-refractivity contribution is -0.137. The summed E-state index contributed by atoms with van der Waals surface area (Å²) in [5, 5.41) is 5.73. The maximum atomic E-state index is 13.4. The molecule has 2 aromatic heterocycles. The highest BCUT2D eigenvalue weighted by molar-refractivity contribution is 6.05. The number of nitrogens with one attached hydrogen (secondary N) is 2. The molecule has 0 aliphatic rings. The van der Waals surface area contributed by atoms with Crippen molar-refractivity contribution in [3.05, 3.63) is 95.4 Å². The molecule has 2 aromatic carbocycles. The number of halogens is 3. The van der Waals surface area contributed by atoms with Crippen LogP contribution in [-0.4, -0.2) is 20.9 Å². The number of hydrogen-bond acceptors (Lipinski definition) is 5. The van der Waals surface area contributed by atoms with Crippen LogP contribution in [0.4, 0.5) is 30.5 Å². The zero-order valence-electron chi connectivity index (χ0n) is 19.9. The summed E-state index contributed by atoms with van der Waals surface area (Å²) in [6.45, 7) is 5.45. The van der Waals surface area contributed by atoms with E-state index < -0.39 is 17.6 Å². The molecule has 6 nitrogen and oxygen atoms in total. The molecule has 0 spiro atoms. The Labute approximate surface area is 206 Å². The Hall–Kier alpha value is -4.27. The summed E-state index contributed by atoms with van der Waals surface area (Å²) in [7, 11) is 0. The quantitative estimate of drug-likeness (QED) is 0.304. The number of rotatable bonds is 6. The summed E-state index contributed by atoms with van der Waals surface area (Å²) >= 11 is 0. The number of hydrogen-bond donors (Lipinski definition) is 2. The Balaban J connectivity index is 1.58. The Kier molecular flexibility index (Phi) is 7.00. The second kappa shape index (κ2) is 10.2. The van der Waals surface area contributed by atoms with Gasteiger partial charge in [-0.1, -0.05) is 19.9 Å². The SMILES string of the molecule is Cc1ccc(C(=O)Nc2cc(C(C)C)cc(C(F)(F)F)c2)cc1Nc1nccc(-c2cccnc2)n1. The van der Waals surface area contributed by atoms with Crippen LogP contribution in [0.25, 0.3) is 11.3 Å². The van der Waals surface area contributed by atoms with E-state index in [1.54, 1.807) is 62.8 Å². The standard InChI is InChI=1S/C27H24F3N5O/c1-16(2)20-11-21(27(28,29)30)14-22(12-20)33-25(36)18-7-6-17(3)24(13-18)35-26-32-10-8-23(34-26)19-5-4-9-31-15-19/h4-16H,1-3H3,(H,33,36)(H,32,34,35). The third-order valence-electron chi connectivity index (χ3n) is 5.57. The summed E-state index contributed by atoms with van der Waals surface area (Å²) in [6.07, 6.45) is 0.465. The van der Waals surface area contributed by atoms with Gasteiger partial charge in [0.2, 0.25) is 5.95 Å². The summed E-state index contributed by atoms with van der Waals surface area (Å²) in [6, 6.07) is 14.0. The molecule has 0 unspecified atom stereocenters. The van der Waals surface area contributed by atoms with Crippen molar-refractivity contribution in [2.24, 2.45) is 0 Å². The molecule has 0 saturated carbocycles. The maximum absolute atomic E-state index is 13.4. The Morgan fingerprint density at radius 1 is 1.00 bits per heavy atom. The van der Waals surface area contributed by atoms with Gasteiger partial charge in [-0.15, -0.1) is 0 Å². The predicted molar refractivity (Wildman–Crippen MR) is 133 cm³/mol. The number of aryl methyl sites for hydroxylation is 1. The fraction of sp³-hybridized carbons (Fsp3) is 0.185. The number of carbonyl (C=O) groups excluding carboxylic acids is 1. The number of alkyl halides is 3. The molecule has 0 saturated heterocycles. The fourth-order valence-corrected chi connectivity index (χ4v) is 3.54. The van der Waals surface area contributed by atoms with Gasteiger partial charge < -0.3 is 10.6 Å². The average molecular weight is 492 g/mol. The Morgan fingerprint density at radius 2 is 1.81 bits per heavy atom. The van der Waals surface area contributed by atoms with Crippen molar-refractivity contribution in [3.63, 3.8) is 0 Å². The molecule has 0 aliphatic carbocycles. The van der Waals surface area contributed by atoms with Crippen molar-refractivity contribution < 1.29 is 18.0 Å². The number of anilines is 3. The van der Waals surface area contributed by atoms with E-state index >= 15 is 0 Å². The van der Waals surface area contributed by atoms with Gasteiger partial charge in [0.1, 0.15) is 0 Å². The number of nitrogens with zero attached hydrogens (tertiary/aromatic N) is 3. The fourth-order valence-electron chi connectivity index (χ4n) is 3.54. The van der Waals surface area contributed by atoms with E-state index in [1.165, 1.54) is 0 Å². The molecular weight excluding hydrogens is 467 g/mol. The molecule has 0 radical (unpaired) electrons. The molecule has 4 aromatic rings. The number of amides is 1. The third kappa shape index (κ3) is 5.86. The van der Waals surface area contributed by atoms with Gasteiger partial charge in [0.15, 0.2) is 0 Å². The second-order valence-corrected chi connectivity index (χ2v) is 8.61. The van der Waals surface area contributed by atoms with Gasteiger partial charge in [-0.3, -0.25) is 9.78 Å². The van der Waals surface area contributed by atoms with E-state index in [0.717, 1.165) is 23.3 Å². The molecule has 4 rings (SSSR count). The number of aromatic nitrogens is 3. The van der Waals surface area contributed by atoms with E-state index in [0.29, 0.717) is 22.9 Å². The minimum Gasteiger partial charge on any atom is -0.324 e. The summed E-state index contributed by atoms with van der Waals surface area (Å²) in [5.41, 5.74) is 2.97. The number of pyridine rings is 1. The van der Waals surface area contributed by atoms with Gasteiger partial charge in [0.05, 0.1) is 11.3 Å². The molecule has 0 atom stereocenters. The largest absolute Gasteiger partial charge is 0.416 e. The van der Waals surface area contributed by atoms with Crippen molar-refractivity contribution in [1.29, 1.82) is 0 Å². The summed E-state index contributed by atoms with van der Waals surface area (Å²) in [4.78, 5) is 25.8. The van der Waals surface area contributed by atoms with Crippen molar-refractivity contribution in [3.8, 4) is 11.3 Å². The van der Waals surface area contributed by atoms with Crippen LogP contribution in [-0.2, 0) is 6.18 Å². The summed E-state index contributed by atoms with van der Waals surface area (Å²) in [5.74, 6) is -0.339. The molecule has 9 heteroatoms. The first kappa shape index (κ1) is 24.8.